The van der Waals surface area contributed by atoms with E-state index in [0.29, 0.717) is 11.4 Å². The van der Waals surface area contributed by atoms with Crippen molar-refractivity contribution in [1.82, 2.24) is 5.32 Å². The van der Waals surface area contributed by atoms with Crippen LogP contribution in [-0.4, -0.2) is 41.5 Å². The molecule has 26 heavy (non-hydrogen) atoms. The second-order valence-corrected chi connectivity index (χ2v) is 7.74. The van der Waals surface area contributed by atoms with Gasteiger partial charge in [-0.15, -0.1) is 0 Å². The Hall–Kier alpha value is -1.93. The van der Waals surface area contributed by atoms with E-state index in [-0.39, 0.29) is 11.6 Å². The predicted molar refractivity (Wildman–Crippen MR) is 104 cm³/mol. The van der Waals surface area contributed by atoms with Gasteiger partial charge in [-0.2, -0.15) is 11.8 Å². The molecule has 0 saturated carbocycles. The average molecular weight is 402 g/mol. The molecule has 0 aromatic heterocycles. The maximum absolute atomic E-state index is 12.1. The van der Waals surface area contributed by atoms with Crippen LogP contribution < -0.4 is 11.1 Å². The van der Waals surface area contributed by atoms with E-state index in [1.54, 1.807) is 51.3 Å². The van der Waals surface area contributed by atoms with Gasteiger partial charge in [0, 0.05) is 11.4 Å². The number of halogens is 1. The van der Waals surface area contributed by atoms with E-state index in [9.17, 15) is 9.59 Å². The molecule has 0 aliphatic heterocycles. The molecular weight excluding hydrogens is 378 g/mol. The zero-order valence-corrected chi connectivity index (χ0v) is 16.8. The van der Waals surface area contributed by atoms with Crippen LogP contribution in [-0.2, 0) is 20.8 Å². The number of alkyl carbamates (subject to hydrolysis) is 1. The molecule has 0 unspecified atom stereocenters. The summed E-state index contributed by atoms with van der Waals surface area (Å²) in [4.78, 5) is 28.3. The van der Waals surface area contributed by atoms with E-state index >= 15 is 0 Å². The number of rotatable bonds is 7. The average Bonchev–Trinajstić information content (AvgIpc) is 2.52. The molecule has 1 aromatic rings. The number of carbonyl (C=O) groups excluding carboxylic acids is 2. The number of hydrogen-bond acceptors (Lipinski definition) is 6. The van der Waals surface area contributed by atoms with Crippen LogP contribution in [0.3, 0.4) is 0 Å². The third-order valence-corrected chi connectivity index (χ3v) is 3.69. The van der Waals surface area contributed by atoms with Gasteiger partial charge in [-0.3, -0.25) is 0 Å². The quantitative estimate of drug-likeness (QED) is 0.315. The van der Waals surface area contributed by atoms with E-state index in [2.05, 4.69) is 10.5 Å². The standard InChI is InChI=1S/C17H24ClN3O4S/c1-17(2,3)24-16(23)20-13(9-11-5-7-12(18)8-6-11)15(19)21-25-14(22)10-26-4/h5-8,13H,9-10H2,1-4H3,(H2,19,21)(H,20,23)/t13-/m0/s1. The Bertz CT molecular complexity index is 644. The summed E-state index contributed by atoms with van der Waals surface area (Å²) in [6.07, 6.45) is 1.44. The zero-order chi connectivity index (χ0) is 19.7. The van der Waals surface area contributed by atoms with Crippen LogP contribution in [0, 0.1) is 0 Å². The lowest BCUT2D eigenvalue weighted by Gasteiger charge is -2.23. The number of oxime groups is 1. The summed E-state index contributed by atoms with van der Waals surface area (Å²) < 4.78 is 5.25. The monoisotopic (exact) mass is 401 g/mol. The zero-order valence-electron chi connectivity index (χ0n) is 15.2. The van der Waals surface area contributed by atoms with Gasteiger partial charge >= 0.3 is 12.1 Å². The first-order valence-electron chi connectivity index (χ1n) is 7.87. The van der Waals surface area contributed by atoms with E-state index < -0.39 is 23.7 Å². The van der Waals surface area contributed by atoms with Crippen LogP contribution in [0.25, 0.3) is 0 Å². The maximum Gasteiger partial charge on any atom is 0.408 e. The summed E-state index contributed by atoms with van der Waals surface area (Å²) in [6, 6.07) is 6.35. The van der Waals surface area contributed by atoms with Crippen LogP contribution >= 0.6 is 23.4 Å². The van der Waals surface area contributed by atoms with Gasteiger partial charge < -0.3 is 20.6 Å². The Labute approximate surface area is 162 Å². The van der Waals surface area contributed by atoms with Crippen molar-refractivity contribution in [2.45, 2.75) is 38.8 Å². The van der Waals surface area contributed by atoms with Gasteiger partial charge in [0.2, 0.25) is 0 Å². The predicted octanol–water partition coefficient (Wildman–Crippen LogP) is 2.95. The Kier molecular flexibility index (Phi) is 8.74. The Morgan fingerprint density at radius 2 is 1.92 bits per heavy atom. The molecule has 1 amide bonds. The second-order valence-electron chi connectivity index (χ2n) is 6.44. The lowest BCUT2D eigenvalue weighted by Crippen LogP contribution is -2.47. The lowest BCUT2D eigenvalue weighted by atomic mass is 10.1. The molecule has 0 spiro atoms. The number of hydrogen-bond donors (Lipinski definition) is 2. The third-order valence-electron chi connectivity index (χ3n) is 2.92. The van der Waals surface area contributed by atoms with Crippen molar-refractivity contribution in [3.63, 3.8) is 0 Å². The number of nitrogens with two attached hydrogens (primary N) is 1. The summed E-state index contributed by atoms with van der Waals surface area (Å²) in [6.45, 7) is 5.26. The number of amides is 1. The number of carbonyl (C=O) groups is 2. The maximum atomic E-state index is 12.1. The van der Waals surface area contributed by atoms with E-state index in [1.807, 2.05) is 0 Å². The highest BCUT2D eigenvalue weighted by Crippen LogP contribution is 2.12. The van der Waals surface area contributed by atoms with Gasteiger partial charge in [-0.05, 0) is 44.7 Å². The first-order valence-corrected chi connectivity index (χ1v) is 9.64. The first kappa shape index (κ1) is 22.1. The van der Waals surface area contributed by atoms with Crippen LogP contribution in [0.5, 0.6) is 0 Å². The number of thioether (sulfide) groups is 1. The topological polar surface area (TPSA) is 103 Å². The highest BCUT2D eigenvalue weighted by Gasteiger charge is 2.23. The molecule has 7 nitrogen and oxygen atoms in total. The molecule has 144 valence electrons. The summed E-state index contributed by atoms with van der Waals surface area (Å²) in [7, 11) is 0. The first-order chi connectivity index (χ1) is 12.1. The minimum atomic E-state index is -0.715. The minimum absolute atomic E-state index is 0.0414. The highest BCUT2D eigenvalue weighted by atomic mass is 35.5. The van der Waals surface area contributed by atoms with Crippen molar-refractivity contribution in [3.8, 4) is 0 Å². The molecular formula is C17H24ClN3O4S. The normalized spacial score (nSPS) is 13.0. The molecule has 1 rings (SSSR count). The Morgan fingerprint density at radius 3 is 2.46 bits per heavy atom. The van der Waals surface area contributed by atoms with Crippen LogP contribution in [0.2, 0.25) is 5.02 Å². The van der Waals surface area contributed by atoms with Gasteiger partial charge in [0.15, 0.2) is 5.84 Å². The minimum Gasteiger partial charge on any atom is -0.444 e. The van der Waals surface area contributed by atoms with Crippen molar-refractivity contribution < 1.29 is 19.2 Å². The SMILES string of the molecule is CSCC(=O)O/N=C(\N)[C@H](Cc1ccc(Cl)cc1)NC(=O)OC(C)(C)C. The number of nitrogens with one attached hydrogen (secondary N) is 1. The fraction of sp³-hybridized carbons (Fsp3) is 0.471. The van der Waals surface area contributed by atoms with Crippen molar-refractivity contribution >= 4 is 41.3 Å². The molecule has 0 radical (unpaired) electrons. The van der Waals surface area contributed by atoms with Gasteiger partial charge in [0.1, 0.15) is 5.60 Å². The van der Waals surface area contributed by atoms with Crippen LogP contribution in [0.4, 0.5) is 4.79 Å². The molecule has 0 heterocycles. The lowest BCUT2D eigenvalue weighted by molar-refractivity contribution is -0.140. The summed E-state index contributed by atoms with van der Waals surface area (Å²) in [5.74, 6) is -0.416. The van der Waals surface area contributed by atoms with Crippen molar-refractivity contribution in [2.24, 2.45) is 10.9 Å². The van der Waals surface area contributed by atoms with Gasteiger partial charge in [0.05, 0.1) is 11.8 Å². The number of ether oxygens (including phenoxy) is 1. The van der Waals surface area contributed by atoms with E-state index in [1.165, 1.54) is 11.8 Å². The molecule has 0 fully saturated rings. The Balaban J connectivity index is 2.89. The summed E-state index contributed by atoms with van der Waals surface area (Å²) in [5.41, 5.74) is 6.13. The molecule has 1 atom stereocenters. The second kappa shape index (κ2) is 10.3. The molecule has 0 aliphatic carbocycles. The molecule has 9 heteroatoms. The number of nitrogens with zero attached hydrogens (tertiary/aromatic N) is 1. The molecule has 0 saturated heterocycles. The number of amidine groups is 1. The fourth-order valence-electron chi connectivity index (χ4n) is 1.85. The van der Waals surface area contributed by atoms with E-state index in [0.717, 1.165) is 5.56 Å². The highest BCUT2D eigenvalue weighted by molar-refractivity contribution is 7.99. The number of benzene rings is 1. The summed E-state index contributed by atoms with van der Waals surface area (Å²) >= 11 is 7.19. The van der Waals surface area contributed by atoms with Gasteiger partial charge in [0.25, 0.3) is 0 Å². The molecule has 0 aliphatic rings. The van der Waals surface area contributed by atoms with E-state index in [4.69, 9.17) is 26.9 Å². The van der Waals surface area contributed by atoms with Crippen molar-refractivity contribution in [2.75, 3.05) is 12.0 Å². The van der Waals surface area contributed by atoms with Crippen LogP contribution in [0.1, 0.15) is 26.3 Å². The van der Waals surface area contributed by atoms with Crippen LogP contribution in [0.15, 0.2) is 29.4 Å². The third kappa shape index (κ3) is 8.96. The smallest absolute Gasteiger partial charge is 0.408 e. The largest absolute Gasteiger partial charge is 0.444 e. The van der Waals surface area contributed by atoms with Crippen molar-refractivity contribution in [1.29, 1.82) is 0 Å². The Morgan fingerprint density at radius 1 is 1.31 bits per heavy atom. The molecule has 1 aromatic carbocycles. The fourth-order valence-corrected chi connectivity index (χ4v) is 2.26. The summed E-state index contributed by atoms with van der Waals surface area (Å²) in [5, 5.41) is 6.88. The molecule has 0 bridgehead atoms. The molecule has 3 N–H and O–H groups in total. The van der Waals surface area contributed by atoms with Gasteiger partial charge in [-0.1, -0.05) is 28.9 Å². The van der Waals surface area contributed by atoms with Crippen molar-refractivity contribution in [3.05, 3.63) is 34.9 Å². The van der Waals surface area contributed by atoms with Gasteiger partial charge in [-0.25, -0.2) is 9.59 Å².